The zero-order valence-electron chi connectivity index (χ0n) is 18.8. The van der Waals surface area contributed by atoms with Crippen LogP contribution in [-0.4, -0.2) is 37.3 Å². The van der Waals surface area contributed by atoms with Gasteiger partial charge in [-0.05, 0) is 67.2 Å². The Hall–Kier alpha value is -2.27. The van der Waals surface area contributed by atoms with Gasteiger partial charge < -0.3 is 19.8 Å². The Balaban J connectivity index is 1.20. The zero-order chi connectivity index (χ0) is 21.6. The van der Waals surface area contributed by atoms with Gasteiger partial charge in [0.2, 0.25) is 0 Å². The quantitative estimate of drug-likeness (QED) is 0.424. The number of aromatic nitrogens is 1. The fourth-order valence-electron chi connectivity index (χ4n) is 6.57. The van der Waals surface area contributed by atoms with Gasteiger partial charge in [-0.2, -0.15) is 0 Å². The van der Waals surface area contributed by atoms with Crippen LogP contribution in [0.25, 0.3) is 10.9 Å². The fourth-order valence-corrected chi connectivity index (χ4v) is 6.57. The van der Waals surface area contributed by atoms with Crippen molar-refractivity contribution in [3.63, 3.8) is 0 Å². The van der Waals surface area contributed by atoms with Crippen LogP contribution < -0.4 is 10.1 Å². The zero-order valence-corrected chi connectivity index (χ0v) is 18.8. The van der Waals surface area contributed by atoms with Crippen molar-refractivity contribution < 1.29 is 19.6 Å². The molecule has 5 heteroatoms. The summed E-state index contributed by atoms with van der Waals surface area (Å²) in [6.45, 7) is 8.57. The molecule has 5 rings (SSSR count). The van der Waals surface area contributed by atoms with E-state index in [1.54, 1.807) is 7.11 Å². The largest absolute Gasteiger partial charge is 0.497 e. The van der Waals surface area contributed by atoms with Crippen LogP contribution >= 0.6 is 0 Å². The number of carbonyl (C=O) groups is 1. The molecular formula is C26H35N2O3+. The Labute approximate surface area is 184 Å². The second-order valence-corrected chi connectivity index (χ2v) is 10.2. The van der Waals surface area contributed by atoms with E-state index < -0.39 is 0 Å². The third-order valence-corrected chi connectivity index (χ3v) is 8.33. The second kappa shape index (κ2) is 8.01. The van der Waals surface area contributed by atoms with Crippen LogP contribution in [0.2, 0.25) is 0 Å². The van der Waals surface area contributed by atoms with Crippen LogP contribution in [-0.2, 0) is 16.0 Å². The topological polar surface area (TPSA) is 67.9 Å². The molecule has 1 aliphatic heterocycles. The van der Waals surface area contributed by atoms with Gasteiger partial charge in [0, 0.05) is 29.4 Å². The van der Waals surface area contributed by atoms with Crippen molar-refractivity contribution in [2.75, 3.05) is 20.2 Å². The van der Waals surface area contributed by atoms with Gasteiger partial charge in [-0.3, -0.25) is 4.79 Å². The maximum Gasteiger partial charge on any atom is 0.315 e. The molecule has 3 aliphatic rings. The lowest BCUT2D eigenvalue weighted by atomic mass is 9.55. The molecule has 5 nitrogen and oxygen atoms in total. The number of fused-ring (bicyclic) bond motifs is 3. The number of benzene rings is 1. The van der Waals surface area contributed by atoms with Crippen molar-refractivity contribution in [3.05, 3.63) is 42.1 Å². The maximum absolute atomic E-state index is 12.7. The molecule has 3 N–H and O–H groups in total. The minimum Gasteiger partial charge on any atom is -0.497 e. The van der Waals surface area contributed by atoms with Crippen molar-refractivity contribution in [2.45, 2.75) is 51.6 Å². The average molecular weight is 424 g/mol. The molecule has 2 aliphatic carbocycles. The van der Waals surface area contributed by atoms with Crippen LogP contribution in [0, 0.1) is 23.2 Å². The van der Waals surface area contributed by atoms with Gasteiger partial charge in [0.25, 0.3) is 0 Å². The lowest BCUT2D eigenvalue weighted by Crippen LogP contribution is -2.86. The van der Waals surface area contributed by atoms with Gasteiger partial charge in [0.05, 0.1) is 20.2 Å². The van der Waals surface area contributed by atoms with Crippen molar-refractivity contribution in [1.29, 1.82) is 0 Å². The van der Waals surface area contributed by atoms with Crippen LogP contribution in [0.1, 0.15) is 44.6 Å². The minimum absolute atomic E-state index is 0.0207. The van der Waals surface area contributed by atoms with Gasteiger partial charge in [-0.25, -0.2) is 0 Å². The highest BCUT2D eigenvalue weighted by Crippen LogP contribution is 2.56. The Morgan fingerprint density at radius 1 is 1.39 bits per heavy atom. The first-order valence-corrected chi connectivity index (χ1v) is 11.8. The number of nitrogens with two attached hydrogens (primary N) is 1. The summed E-state index contributed by atoms with van der Waals surface area (Å²) in [6, 6.07) is 6.13. The van der Waals surface area contributed by atoms with Crippen molar-refractivity contribution in [3.8, 4) is 5.75 Å². The molecule has 0 bridgehead atoms. The van der Waals surface area contributed by atoms with E-state index >= 15 is 0 Å². The number of ether oxygens (including phenoxy) is 2. The van der Waals surface area contributed by atoms with Gasteiger partial charge in [0.15, 0.2) is 0 Å². The lowest BCUT2D eigenvalue weighted by Gasteiger charge is -2.49. The summed E-state index contributed by atoms with van der Waals surface area (Å²) in [7, 11) is 1.70. The molecule has 2 saturated carbocycles. The number of allylic oxidation sites excluding steroid dienone is 1. The predicted molar refractivity (Wildman–Crippen MR) is 121 cm³/mol. The molecule has 0 radical (unpaired) electrons. The summed E-state index contributed by atoms with van der Waals surface area (Å²) in [5.41, 5.74) is 4.11. The van der Waals surface area contributed by atoms with E-state index in [2.05, 4.69) is 42.1 Å². The maximum atomic E-state index is 12.7. The SMILES string of the molecule is C=C1CCC[C@@]2(C)C[C@H]3OC(=O)[C@@H](C[NH2+]CCc4c[nH]c5ccc(OC)cc45)[C@@H]3C[C@@H]12. The number of nitrogens with one attached hydrogen (secondary N) is 1. The molecule has 166 valence electrons. The molecule has 0 unspecified atom stereocenters. The molecule has 3 fully saturated rings. The second-order valence-electron chi connectivity index (χ2n) is 10.2. The molecule has 1 aromatic heterocycles. The standard InChI is InChI=1S/C26H34N2O3/c1-16-5-4-9-26(2)13-24-20(12-22(16)26)21(25(29)31-24)15-27-10-8-17-14-28-23-7-6-18(30-3)11-19(17)23/h6-7,11,14,20-22,24,27-28H,1,4-5,8-10,12-13,15H2,2-3H3/p+1/t20-,21-,22-,24+,26-/m0/s1. The van der Waals surface area contributed by atoms with Crippen molar-refractivity contribution in [2.24, 2.45) is 23.2 Å². The first-order chi connectivity index (χ1) is 15.0. The number of quaternary nitrogens is 1. The molecule has 5 atom stereocenters. The van der Waals surface area contributed by atoms with E-state index in [-0.39, 0.29) is 23.4 Å². The smallest absolute Gasteiger partial charge is 0.315 e. The van der Waals surface area contributed by atoms with E-state index in [1.165, 1.54) is 29.4 Å². The van der Waals surface area contributed by atoms with E-state index in [0.29, 0.717) is 11.8 Å². The van der Waals surface area contributed by atoms with Crippen LogP contribution in [0.3, 0.4) is 0 Å². The predicted octanol–water partition coefficient (Wildman–Crippen LogP) is 3.60. The van der Waals surface area contributed by atoms with Crippen LogP contribution in [0.15, 0.2) is 36.5 Å². The first kappa shape index (κ1) is 20.6. The highest BCUT2D eigenvalue weighted by atomic mass is 16.6. The highest BCUT2D eigenvalue weighted by molar-refractivity contribution is 5.84. The number of hydrogen-bond donors (Lipinski definition) is 2. The summed E-state index contributed by atoms with van der Waals surface area (Å²) in [4.78, 5) is 16.1. The Morgan fingerprint density at radius 2 is 2.26 bits per heavy atom. The van der Waals surface area contributed by atoms with E-state index in [0.717, 1.165) is 50.0 Å². The van der Waals surface area contributed by atoms with Crippen LogP contribution in [0.5, 0.6) is 5.75 Å². The normalized spacial score (nSPS) is 32.6. The van der Waals surface area contributed by atoms with Crippen molar-refractivity contribution >= 4 is 16.9 Å². The molecule has 2 aromatic rings. The molecule has 0 spiro atoms. The molecule has 0 amide bonds. The van der Waals surface area contributed by atoms with Gasteiger partial charge >= 0.3 is 5.97 Å². The number of aromatic amines is 1. The average Bonchev–Trinajstić information content (AvgIpc) is 3.29. The third kappa shape index (κ3) is 3.67. The number of hydrogen-bond acceptors (Lipinski definition) is 3. The van der Waals surface area contributed by atoms with Crippen molar-refractivity contribution in [1.82, 2.24) is 4.98 Å². The Bertz CT molecular complexity index is 996. The first-order valence-electron chi connectivity index (χ1n) is 11.8. The highest BCUT2D eigenvalue weighted by Gasteiger charge is 2.55. The number of esters is 1. The summed E-state index contributed by atoms with van der Waals surface area (Å²) >= 11 is 0. The lowest BCUT2D eigenvalue weighted by molar-refractivity contribution is -0.658. The van der Waals surface area contributed by atoms with Gasteiger partial charge in [0.1, 0.15) is 17.8 Å². The van der Waals surface area contributed by atoms with Gasteiger partial charge in [-0.1, -0.05) is 19.1 Å². The number of H-pyrrole nitrogens is 1. The van der Waals surface area contributed by atoms with E-state index in [1.807, 2.05) is 6.07 Å². The summed E-state index contributed by atoms with van der Waals surface area (Å²) in [5.74, 6) is 1.84. The molecule has 1 saturated heterocycles. The summed E-state index contributed by atoms with van der Waals surface area (Å²) in [5, 5.41) is 3.52. The fraction of sp³-hybridized carbons (Fsp3) is 0.577. The van der Waals surface area contributed by atoms with E-state index in [9.17, 15) is 4.79 Å². The molecule has 31 heavy (non-hydrogen) atoms. The number of rotatable bonds is 6. The third-order valence-electron chi connectivity index (χ3n) is 8.33. The Morgan fingerprint density at radius 3 is 3.10 bits per heavy atom. The Kier molecular flexibility index (Phi) is 5.33. The van der Waals surface area contributed by atoms with Crippen LogP contribution in [0.4, 0.5) is 0 Å². The summed E-state index contributed by atoms with van der Waals surface area (Å²) < 4.78 is 11.3. The number of methoxy groups -OCH3 is 1. The molecule has 2 heterocycles. The molecule has 1 aromatic carbocycles. The molecular weight excluding hydrogens is 388 g/mol. The number of carbonyl (C=O) groups excluding carboxylic acids is 1. The van der Waals surface area contributed by atoms with E-state index in [4.69, 9.17) is 9.47 Å². The van der Waals surface area contributed by atoms with Gasteiger partial charge in [-0.15, -0.1) is 0 Å². The monoisotopic (exact) mass is 423 g/mol. The summed E-state index contributed by atoms with van der Waals surface area (Å²) in [6.07, 6.45) is 8.87. The minimum atomic E-state index is 0.0207.